The van der Waals surface area contributed by atoms with Crippen molar-refractivity contribution in [1.29, 1.82) is 0 Å². The number of rotatable bonds is 4. The van der Waals surface area contributed by atoms with Gasteiger partial charge in [0.25, 0.3) is 11.7 Å². The highest BCUT2D eigenvalue weighted by Crippen LogP contribution is 2.34. The van der Waals surface area contributed by atoms with Crippen LogP contribution in [0.2, 0.25) is 0 Å². The molecule has 0 radical (unpaired) electrons. The highest BCUT2D eigenvalue weighted by molar-refractivity contribution is 6.05. The topological polar surface area (TPSA) is 115 Å². The average Bonchev–Trinajstić information content (AvgIpc) is 2.64. The molecule has 1 unspecified atom stereocenters. The molecule has 2 heterocycles. The van der Waals surface area contributed by atoms with Crippen molar-refractivity contribution in [1.82, 2.24) is 4.98 Å². The second-order valence-corrected chi connectivity index (χ2v) is 6.06. The largest absolute Gasteiger partial charge is 0.475 e. The Morgan fingerprint density at radius 3 is 2.72 bits per heavy atom. The van der Waals surface area contributed by atoms with E-state index in [0.717, 1.165) is 29.2 Å². The molecule has 2 amide bonds. The smallest absolute Gasteiger partial charge is 0.416 e. The zero-order valence-electron chi connectivity index (χ0n) is 14.8. The number of aromatic nitrogens is 1. The Morgan fingerprint density at radius 1 is 1.34 bits per heavy atom. The molecule has 0 spiro atoms. The van der Waals surface area contributed by atoms with Gasteiger partial charge in [-0.25, -0.2) is 0 Å². The zero-order valence-corrected chi connectivity index (χ0v) is 14.8. The summed E-state index contributed by atoms with van der Waals surface area (Å²) in [6.07, 6.45) is -5.56. The highest BCUT2D eigenvalue weighted by Gasteiger charge is 2.38. The van der Waals surface area contributed by atoms with Gasteiger partial charge in [-0.3, -0.25) is 14.5 Å². The van der Waals surface area contributed by atoms with Crippen LogP contribution in [0.25, 0.3) is 0 Å². The molecule has 0 saturated heterocycles. The standard InChI is InChI=1S/C17H13F3N4O5/c1-9-16(26)23(15-12(29-9)5-6-13(22-15)24(27)28)8-14(25)21-11-4-2-3-10(7-11)17(18,19)20/h2-7,9H,8H2,1H3,(H,21,25). The third-order valence-electron chi connectivity index (χ3n) is 3.96. The first kappa shape index (κ1) is 20.0. The van der Waals surface area contributed by atoms with E-state index in [1.54, 1.807) is 0 Å². The number of pyridine rings is 1. The van der Waals surface area contributed by atoms with Gasteiger partial charge in [0, 0.05) is 11.8 Å². The lowest BCUT2D eigenvalue weighted by atomic mass is 10.2. The van der Waals surface area contributed by atoms with Crippen LogP contribution < -0.4 is 15.0 Å². The van der Waals surface area contributed by atoms with E-state index < -0.39 is 46.9 Å². The zero-order chi connectivity index (χ0) is 21.3. The van der Waals surface area contributed by atoms with Gasteiger partial charge in [0.2, 0.25) is 5.91 Å². The Hall–Kier alpha value is -3.70. The normalized spacial score (nSPS) is 16.1. The van der Waals surface area contributed by atoms with Gasteiger partial charge in [0.15, 0.2) is 11.9 Å². The number of hydrogen-bond donors (Lipinski definition) is 1. The fourth-order valence-corrected chi connectivity index (χ4v) is 2.65. The number of nitrogens with one attached hydrogen (secondary N) is 1. The van der Waals surface area contributed by atoms with Crippen LogP contribution in [0.4, 0.5) is 30.5 Å². The quantitative estimate of drug-likeness (QED) is 0.612. The molecule has 3 rings (SSSR count). The number of carbonyl (C=O) groups excluding carboxylic acids is 2. The minimum absolute atomic E-state index is 0.0644. The Kier molecular flexibility index (Phi) is 5.10. The molecule has 0 fully saturated rings. The minimum Gasteiger partial charge on any atom is -0.475 e. The van der Waals surface area contributed by atoms with Crippen LogP contribution >= 0.6 is 0 Å². The Labute approximate surface area is 161 Å². The van der Waals surface area contributed by atoms with Gasteiger partial charge < -0.3 is 20.2 Å². The molecular formula is C17H13F3N4O5. The lowest BCUT2D eigenvalue weighted by molar-refractivity contribution is -0.389. The second-order valence-electron chi connectivity index (χ2n) is 6.06. The maximum absolute atomic E-state index is 12.8. The molecule has 9 nitrogen and oxygen atoms in total. The first-order valence-corrected chi connectivity index (χ1v) is 8.17. The molecule has 152 valence electrons. The molecule has 1 aliphatic heterocycles. The lowest BCUT2D eigenvalue weighted by Gasteiger charge is -2.28. The van der Waals surface area contributed by atoms with Gasteiger partial charge in [-0.2, -0.15) is 13.2 Å². The summed E-state index contributed by atoms with van der Waals surface area (Å²) in [5.41, 5.74) is -1.07. The van der Waals surface area contributed by atoms with E-state index in [0.29, 0.717) is 0 Å². The molecule has 2 aromatic rings. The second kappa shape index (κ2) is 7.37. The van der Waals surface area contributed by atoms with Crippen LogP contribution in [-0.2, 0) is 15.8 Å². The summed E-state index contributed by atoms with van der Waals surface area (Å²) in [6.45, 7) is 0.800. The van der Waals surface area contributed by atoms with E-state index in [2.05, 4.69) is 10.3 Å². The fourth-order valence-electron chi connectivity index (χ4n) is 2.65. The van der Waals surface area contributed by atoms with E-state index in [-0.39, 0.29) is 17.3 Å². The molecular weight excluding hydrogens is 397 g/mol. The molecule has 29 heavy (non-hydrogen) atoms. The van der Waals surface area contributed by atoms with Gasteiger partial charge in [0.1, 0.15) is 6.54 Å². The summed E-state index contributed by atoms with van der Waals surface area (Å²) in [7, 11) is 0. The predicted octanol–water partition coefficient (Wildman–Crippen LogP) is 2.76. The fraction of sp³-hybridized carbons (Fsp3) is 0.235. The molecule has 1 atom stereocenters. The SMILES string of the molecule is CC1Oc2ccc([N+](=O)[O-])nc2N(CC(=O)Nc2cccc(C(F)(F)F)c2)C1=O. The predicted molar refractivity (Wildman–Crippen MR) is 93.4 cm³/mol. The van der Waals surface area contributed by atoms with Gasteiger partial charge in [-0.1, -0.05) is 6.07 Å². The van der Waals surface area contributed by atoms with Crippen molar-refractivity contribution < 1.29 is 32.4 Å². The number of amides is 2. The number of halogens is 3. The minimum atomic E-state index is -4.59. The Balaban J connectivity index is 1.84. The first-order valence-electron chi connectivity index (χ1n) is 8.17. The van der Waals surface area contributed by atoms with E-state index in [4.69, 9.17) is 4.74 Å². The van der Waals surface area contributed by atoms with Crippen LogP contribution in [-0.4, -0.2) is 34.4 Å². The van der Waals surface area contributed by atoms with Crippen molar-refractivity contribution in [3.8, 4) is 5.75 Å². The molecule has 0 aliphatic carbocycles. The molecule has 1 aliphatic rings. The van der Waals surface area contributed by atoms with Crippen molar-refractivity contribution in [2.24, 2.45) is 0 Å². The third kappa shape index (κ3) is 4.25. The van der Waals surface area contributed by atoms with Crippen LogP contribution in [0.5, 0.6) is 5.75 Å². The van der Waals surface area contributed by atoms with Gasteiger partial charge in [-0.05, 0) is 41.1 Å². The summed E-state index contributed by atoms with van der Waals surface area (Å²) in [4.78, 5) is 39.5. The van der Waals surface area contributed by atoms with Gasteiger partial charge in [-0.15, -0.1) is 0 Å². The van der Waals surface area contributed by atoms with Crippen molar-refractivity contribution >= 4 is 29.1 Å². The highest BCUT2D eigenvalue weighted by atomic mass is 19.4. The molecule has 1 aromatic carbocycles. The summed E-state index contributed by atoms with van der Waals surface area (Å²) in [5, 5.41) is 13.2. The Bertz CT molecular complexity index is 995. The van der Waals surface area contributed by atoms with Gasteiger partial charge >= 0.3 is 12.0 Å². The number of anilines is 2. The number of benzene rings is 1. The summed E-state index contributed by atoms with van der Waals surface area (Å²) in [5.74, 6) is -2.20. The lowest BCUT2D eigenvalue weighted by Crippen LogP contribution is -2.48. The van der Waals surface area contributed by atoms with E-state index in [9.17, 15) is 32.9 Å². The van der Waals surface area contributed by atoms with Crippen LogP contribution in [0, 0.1) is 10.1 Å². The maximum atomic E-state index is 12.8. The maximum Gasteiger partial charge on any atom is 0.416 e. The molecule has 0 bridgehead atoms. The molecule has 1 aromatic heterocycles. The van der Waals surface area contributed by atoms with Gasteiger partial charge in [0.05, 0.1) is 5.56 Å². The average molecular weight is 410 g/mol. The van der Waals surface area contributed by atoms with E-state index in [1.165, 1.54) is 19.1 Å². The number of fused-ring (bicyclic) bond motifs is 1. The van der Waals surface area contributed by atoms with Crippen LogP contribution in [0.15, 0.2) is 36.4 Å². The van der Waals surface area contributed by atoms with Crippen molar-refractivity contribution in [2.45, 2.75) is 19.2 Å². The Morgan fingerprint density at radius 2 is 2.07 bits per heavy atom. The van der Waals surface area contributed by atoms with Crippen molar-refractivity contribution in [3.63, 3.8) is 0 Å². The number of ether oxygens (including phenoxy) is 1. The van der Waals surface area contributed by atoms with E-state index in [1.807, 2.05) is 0 Å². The molecule has 12 heteroatoms. The summed E-state index contributed by atoms with van der Waals surface area (Å²) in [6, 6.07) is 6.32. The number of alkyl halides is 3. The van der Waals surface area contributed by atoms with Crippen LogP contribution in [0.3, 0.4) is 0 Å². The van der Waals surface area contributed by atoms with Crippen molar-refractivity contribution in [2.75, 3.05) is 16.8 Å². The number of nitrogens with zero attached hydrogens (tertiary/aromatic N) is 3. The summed E-state index contributed by atoms with van der Waals surface area (Å²) < 4.78 is 43.7. The summed E-state index contributed by atoms with van der Waals surface area (Å²) >= 11 is 0. The number of nitro groups is 1. The molecule has 1 N–H and O–H groups in total. The number of carbonyl (C=O) groups is 2. The van der Waals surface area contributed by atoms with E-state index >= 15 is 0 Å². The monoisotopic (exact) mass is 410 g/mol. The third-order valence-corrected chi connectivity index (χ3v) is 3.96. The first-order chi connectivity index (χ1) is 13.6. The molecule has 0 saturated carbocycles. The van der Waals surface area contributed by atoms with Crippen LogP contribution in [0.1, 0.15) is 12.5 Å². The number of hydrogen-bond acceptors (Lipinski definition) is 6. The van der Waals surface area contributed by atoms with Crippen molar-refractivity contribution in [3.05, 3.63) is 52.1 Å².